The van der Waals surface area contributed by atoms with E-state index in [4.69, 9.17) is 0 Å². The van der Waals surface area contributed by atoms with E-state index >= 15 is 0 Å². The van der Waals surface area contributed by atoms with E-state index in [0.717, 1.165) is 62.5 Å². The summed E-state index contributed by atoms with van der Waals surface area (Å²) in [5.41, 5.74) is 11.7. The van der Waals surface area contributed by atoms with Gasteiger partial charge in [-0.2, -0.15) is 0 Å². The quantitative estimate of drug-likeness (QED) is 0.0773. The van der Waals surface area contributed by atoms with Crippen molar-refractivity contribution in [3.8, 4) is 11.5 Å². The van der Waals surface area contributed by atoms with Gasteiger partial charge in [-0.05, 0) is 74.6 Å². The van der Waals surface area contributed by atoms with Gasteiger partial charge < -0.3 is 10.2 Å². The Kier molecular flexibility index (Phi) is 17.3. The minimum atomic E-state index is -0.582. The normalized spacial score (nSPS) is 12.2. The summed E-state index contributed by atoms with van der Waals surface area (Å²) in [6.07, 6.45) is 10.7. The third-order valence-electron chi connectivity index (χ3n) is 8.41. The number of carbonyl (C=O) groups is 4. The fourth-order valence-electron chi connectivity index (χ4n) is 5.59. The van der Waals surface area contributed by atoms with Crippen molar-refractivity contribution >= 4 is 23.6 Å². The van der Waals surface area contributed by atoms with Crippen molar-refractivity contribution in [2.24, 2.45) is 11.8 Å². The Hall–Kier alpha value is -4.08. The Morgan fingerprint density at radius 2 is 1.00 bits per heavy atom. The number of nitrogens with one attached hydrogen (secondary N) is 4. The maximum Gasteiger partial charge on any atom is 0.273 e. The van der Waals surface area contributed by atoms with Crippen molar-refractivity contribution in [3.05, 3.63) is 58.7 Å². The molecule has 2 aromatic carbocycles. The van der Waals surface area contributed by atoms with E-state index in [1.54, 1.807) is 18.2 Å². The van der Waals surface area contributed by atoms with E-state index in [9.17, 15) is 29.4 Å². The van der Waals surface area contributed by atoms with Gasteiger partial charge in [-0.3, -0.25) is 40.9 Å². The summed E-state index contributed by atoms with van der Waals surface area (Å²) < 4.78 is 0. The highest BCUT2D eigenvalue weighted by atomic mass is 16.3. The third-order valence-corrected chi connectivity index (χ3v) is 8.41. The summed E-state index contributed by atoms with van der Waals surface area (Å²) in [7, 11) is 0. The zero-order valence-electron chi connectivity index (χ0n) is 28.0. The number of aromatic hydroxyl groups is 2. The van der Waals surface area contributed by atoms with Gasteiger partial charge >= 0.3 is 0 Å². The van der Waals surface area contributed by atoms with Gasteiger partial charge in [0.2, 0.25) is 11.8 Å². The molecule has 2 atom stereocenters. The number of hydrazine groups is 2. The van der Waals surface area contributed by atoms with Crippen LogP contribution in [0.4, 0.5) is 0 Å². The van der Waals surface area contributed by atoms with E-state index in [-0.39, 0.29) is 34.4 Å². The molecule has 6 N–H and O–H groups in total. The fourth-order valence-corrected chi connectivity index (χ4v) is 5.59. The van der Waals surface area contributed by atoms with Crippen LogP contribution in [0.2, 0.25) is 0 Å². The predicted molar refractivity (Wildman–Crippen MR) is 180 cm³/mol. The highest BCUT2D eigenvalue weighted by Gasteiger charge is 2.25. The molecule has 10 nitrogen and oxygen atoms in total. The monoisotopic (exact) mass is 638 g/mol. The van der Waals surface area contributed by atoms with Crippen LogP contribution >= 0.6 is 0 Å². The molecular weight excluding hydrogens is 584 g/mol. The molecule has 0 saturated carbocycles. The second-order valence-electron chi connectivity index (χ2n) is 11.9. The Morgan fingerprint density at radius 3 is 1.43 bits per heavy atom. The molecule has 2 rings (SSSR count). The zero-order valence-corrected chi connectivity index (χ0v) is 28.0. The molecule has 0 heterocycles. The van der Waals surface area contributed by atoms with Crippen molar-refractivity contribution < 1.29 is 29.4 Å². The van der Waals surface area contributed by atoms with Crippen LogP contribution in [0.25, 0.3) is 0 Å². The smallest absolute Gasteiger partial charge is 0.273 e. The van der Waals surface area contributed by atoms with Crippen LogP contribution in [-0.4, -0.2) is 33.8 Å². The maximum atomic E-state index is 13.2. The van der Waals surface area contributed by atoms with Crippen molar-refractivity contribution in [2.45, 2.75) is 118 Å². The number of amides is 4. The molecular formula is C36H54N4O6. The number of carbonyl (C=O) groups excluding carboxylic acids is 4. The highest BCUT2D eigenvalue weighted by molar-refractivity contribution is 6.00. The largest absolute Gasteiger partial charge is 0.507 e. The second kappa shape index (κ2) is 20.9. The molecule has 0 spiro atoms. The lowest BCUT2D eigenvalue weighted by molar-refractivity contribution is -0.128. The van der Waals surface area contributed by atoms with Crippen molar-refractivity contribution in [1.29, 1.82) is 0 Å². The molecule has 2 aromatic rings. The summed E-state index contributed by atoms with van der Waals surface area (Å²) >= 11 is 0. The number of hydrogen-bond acceptors (Lipinski definition) is 6. The molecule has 0 aromatic heterocycles. The van der Waals surface area contributed by atoms with Gasteiger partial charge in [0.25, 0.3) is 11.8 Å². The minimum absolute atomic E-state index is 0.137. The lowest BCUT2D eigenvalue weighted by Gasteiger charge is -2.21. The topological polar surface area (TPSA) is 157 Å². The Morgan fingerprint density at radius 1 is 0.565 bits per heavy atom. The molecule has 0 saturated heterocycles. The lowest BCUT2D eigenvalue weighted by Crippen LogP contribution is -2.46. The van der Waals surface area contributed by atoms with Crippen LogP contribution in [0.3, 0.4) is 0 Å². The molecule has 0 aliphatic heterocycles. The van der Waals surface area contributed by atoms with Crippen molar-refractivity contribution in [1.82, 2.24) is 21.7 Å². The van der Waals surface area contributed by atoms with E-state index in [1.165, 1.54) is 12.1 Å². The van der Waals surface area contributed by atoms with E-state index in [0.29, 0.717) is 38.5 Å². The molecule has 10 heteroatoms. The van der Waals surface area contributed by atoms with Crippen LogP contribution in [0, 0.1) is 11.8 Å². The third kappa shape index (κ3) is 12.0. The molecule has 0 aliphatic rings. The van der Waals surface area contributed by atoms with Gasteiger partial charge in [-0.25, -0.2) is 0 Å². The molecule has 0 fully saturated rings. The van der Waals surface area contributed by atoms with Gasteiger partial charge in [-0.1, -0.05) is 90.5 Å². The second-order valence-corrected chi connectivity index (χ2v) is 11.9. The molecule has 0 aliphatic carbocycles. The minimum Gasteiger partial charge on any atom is -0.507 e. The van der Waals surface area contributed by atoms with Crippen LogP contribution in [0.15, 0.2) is 36.4 Å². The van der Waals surface area contributed by atoms with Crippen molar-refractivity contribution in [3.63, 3.8) is 0 Å². The Balaban J connectivity index is 1.99. The average molecular weight is 639 g/mol. The molecule has 0 radical (unpaired) electrons. The number of hydrogen-bond donors (Lipinski definition) is 6. The van der Waals surface area contributed by atoms with E-state index in [1.807, 2.05) is 19.9 Å². The maximum absolute atomic E-state index is 13.2. The van der Waals surface area contributed by atoms with Gasteiger partial charge in [0.05, 0.1) is 11.1 Å². The van der Waals surface area contributed by atoms with Gasteiger partial charge in [0.15, 0.2) is 0 Å². The summed E-state index contributed by atoms with van der Waals surface area (Å²) in [6.45, 7) is 8.08. The lowest BCUT2D eigenvalue weighted by atomic mass is 9.90. The van der Waals surface area contributed by atoms with Crippen LogP contribution in [0.1, 0.15) is 137 Å². The van der Waals surface area contributed by atoms with Crippen LogP contribution in [-0.2, 0) is 22.4 Å². The van der Waals surface area contributed by atoms with Gasteiger partial charge in [0.1, 0.15) is 11.5 Å². The van der Waals surface area contributed by atoms with Gasteiger partial charge in [-0.15, -0.1) is 0 Å². The number of benzene rings is 2. The zero-order chi connectivity index (χ0) is 33.9. The van der Waals surface area contributed by atoms with E-state index in [2.05, 4.69) is 35.6 Å². The number of phenolic OH excluding ortho intramolecular Hbond substituents is 2. The standard InChI is InChI=1S/C36H54N4O6/c1-5-9-12-17-26-19-14-21-29(41)31(26)35(45)39-37-33(43)25(8-4)23-24-28(16-11-7-3)34(44)38-40-36(46)32-27(18-13-10-6-2)20-15-22-30(32)42/h14-15,19-22,25,28,41-42H,5-13,16-18,23-24H2,1-4H3,(H,37,43)(H,38,44)(H,39,45)(H,40,46). The molecule has 4 amide bonds. The fraction of sp³-hybridized carbons (Fsp3) is 0.556. The number of aryl methyl sites for hydroxylation is 2. The van der Waals surface area contributed by atoms with Crippen molar-refractivity contribution in [2.75, 3.05) is 0 Å². The Bertz CT molecular complexity index is 1280. The molecule has 254 valence electrons. The summed E-state index contributed by atoms with van der Waals surface area (Å²) in [5, 5.41) is 20.8. The Labute approximate surface area is 274 Å². The number of rotatable bonds is 19. The molecule has 46 heavy (non-hydrogen) atoms. The summed E-state index contributed by atoms with van der Waals surface area (Å²) in [6, 6.07) is 9.93. The first kappa shape index (κ1) is 38.1. The SMILES string of the molecule is CCCCCc1cccc(O)c1C(=O)NNC(=O)C(CC)CCC(CCCC)C(=O)NNC(=O)c1c(O)cccc1CCCCC. The molecule has 0 bridgehead atoms. The number of phenols is 2. The van der Waals surface area contributed by atoms with Crippen LogP contribution < -0.4 is 21.7 Å². The summed E-state index contributed by atoms with van der Waals surface area (Å²) in [4.78, 5) is 52.2. The summed E-state index contributed by atoms with van der Waals surface area (Å²) in [5.74, 6) is -3.08. The highest BCUT2D eigenvalue weighted by Crippen LogP contribution is 2.25. The number of unbranched alkanes of at least 4 members (excludes halogenated alkanes) is 5. The first-order chi connectivity index (χ1) is 22.2. The van der Waals surface area contributed by atoms with Gasteiger partial charge in [0, 0.05) is 11.8 Å². The predicted octanol–water partition coefficient (Wildman–Crippen LogP) is 6.40. The first-order valence-electron chi connectivity index (χ1n) is 17.0. The average Bonchev–Trinajstić information content (AvgIpc) is 3.04. The van der Waals surface area contributed by atoms with Crippen LogP contribution in [0.5, 0.6) is 11.5 Å². The first-order valence-corrected chi connectivity index (χ1v) is 17.0. The molecule has 2 unspecified atom stereocenters. The van der Waals surface area contributed by atoms with E-state index < -0.39 is 23.7 Å².